The molecule has 0 atom stereocenters. The molecule has 5 heteroatoms. The Balaban J connectivity index is 2.25. The van der Waals surface area contributed by atoms with Crippen molar-refractivity contribution in [3.63, 3.8) is 0 Å². The van der Waals surface area contributed by atoms with Crippen LogP contribution in [0.5, 0.6) is 0 Å². The lowest BCUT2D eigenvalue weighted by molar-refractivity contribution is 0.0952. The molecule has 0 saturated carbocycles. The van der Waals surface area contributed by atoms with Crippen molar-refractivity contribution in [2.75, 3.05) is 13.1 Å². The fourth-order valence-corrected chi connectivity index (χ4v) is 1.82. The van der Waals surface area contributed by atoms with Gasteiger partial charge in [0.25, 0.3) is 5.91 Å². The summed E-state index contributed by atoms with van der Waals surface area (Å²) in [5.74, 6) is 0.343. The van der Waals surface area contributed by atoms with Crippen molar-refractivity contribution < 1.29 is 9.32 Å². The predicted molar refractivity (Wildman–Crippen MR) is 72.7 cm³/mol. The van der Waals surface area contributed by atoms with Gasteiger partial charge < -0.3 is 15.6 Å². The lowest BCUT2D eigenvalue weighted by atomic mass is 10.1. The van der Waals surface area contributed by atoms with Gasteiger partial charge in [-0.1, -0.05) is 35.5 Å². The van der Waals surface area contributed by atoms with Gasteiger partial charge in [0.15, 0.2) is 0 Å². The van der Waals surface area contributed by atoms with Gasteiger partial charge in [0.1, 0.15) is 17.0 Å². The quantitative estimate of drug-likeness (QED) is 0.801. The van der Waals surface area contributed by atoms with E-state index in [0.717, 1.165) is 12.0 Å². The molecule has 1 amide bonds. The van der Waals surface area contributed by atoms with E-state index in [-0.39, 0.29) is 5.91 Å². The van der Waals surface area contributed by atoms with Crippen LogP contribution in [-0.2, 0) is 0 Å². The molecule has 1 heterocycles. The normalized spacial score (nSPS) is 10.4. The van der Waals surface area contributed by atoms with Crippen LogP contribution in [0.3, 0.4) is 0 Å². The fourth-order valence-electron chi connectivity index (χ4n) is 1.82. The summed E-state index contributed by atoms with van der Waals surface area (Å²) in [5.41, 5.74) is 7.33. The first-order valence-corrected chi connectivity index (χ1v) is 6.24. The molecule has 3 N–H and O–H groups in total. The van der Waals surface area contributed by atoms with Gasteiger partial charge in [-0.3, -0.25) is 4.79 Å². The zero-order chi connectivity index (χ0) is 13.7. The van der Waals surface area contributed by atoms with Gasteiger partial charge in [0, 0.05) is 12.1 Å². The number of carbonyl (C=O) groups excluding carboxylic acids is 1. The summed E-state index contributed by atoms with van der Waals surface area (Å²) in [4.78, 5) is 12.1. The van der Waals surface area contributed by atoms with Gasteiger partial charge in [-0.25, -0.2) is 0 Å². The van der Waals surface area contributed by atoms with E-state index < -0.39 is 0 Å². The first-order valence-electron chi connectivity index (χ1n) is 6.24. The molecule has 0 radical (unpaired) electrons. The Morgan fingerprint density at radius 2 is 2.11 bits per heavy atom. The van der Waals surface area contributed by atoms with E-state index in [9.17, 15) is 4.79 Å². The first-order chi connectivity index (χ1) is 9.24. The molecule has 2 aromatic rings. The van der Waals surface area contributed by atoms with Crippen molar-refractivity contribution in [3.05, 3.63) is 41.7 Å². The van der Waals surface area contributed by atoms with Crippen LogP contribution in [0.15, 0.2) is 34.9 Å². The number of hydrogen-bond acceptors (Lipinski definition) is 4. The van der Waals surface area contributed by atoms with Crippen molar-refractivity contribution in [2.24, 2.45) is 5.73 Å². The smallest absolute Gasteiger partial charge is 0.257 e. The molecule has 19 heavy (non-hydrogen) atoms. The summed E-state index contributed by atoms with van der Waals surface area (Å²) in [6, 6.07) is 9.50. The minimum absolute atomic E-state index is 0.175. The van der Waals surface area contributed by atoms with Crippen LogP contribution in [0.1, 0.15) is 22.5 Å². The number of benzene rings is 1. The third-order valence-corrected chi connectivity index (χ3v) is 2.80. The molecular weight excluding hydrogens is 242 g/mol. The highest BCUT2D eigenvalue weighted by molar-refractivity contribution is 6.00. The maximum atomic E-state index is 12.1. The molecule has 2 rings (SSSR count). The van der Waals surface area contributed by atoms with Gasteiger partial charge in [0.05, 0.1) is 0 Å². The average molecular weight is 259 g/mol. The number of nitrogens with one attached hydrogen (secondary N) is 1. The number of aromatic nitrogens is 1. The Morgan fingerprint density at radius 3 is 2.79 bits per heavy atom. The van der Waals surface area contributed by atoms with Crippen molar-refractivity contribution in [1.29, 1.82) is 0 Å². The van der Waals surface area contributed by atoms with Crippen LogP contribution < -0.4 is 11.1 Å². The molecule has 1 aromatic carbocycles. The van der Waals surface area contributed by atoms with Crippen molar-refractivity contribution in [2.45, 2.75) is 13.3 Å². The maximum absolute atomic E-state index is 12.1. The molecule has 0 spiro atoms. The van der Waals surface area contributed by atoms with E-state index in [0.29, 0.717) is 30.1 Å². The molecule has 0 bridgehead atoms. The second-order valence-corrected chi connectivity index (χ2v) is 4.23. The van der Waals surface area contributed by atoms with Crippen molar-refractivity contribution in [3.8, 4) is 11.3 Å². The van der Waals surface area contributed by atoms with Crippen LogP contribution in [0.4, 0.5) is 0 Å². The molecule has 0 saturated heterocycles. The molecule has 0 fully saturated rings. The van der Waals surface area contributed by atoms with E-state index in [4.69, 9.17) is 10.3 Å². The summed E-state index contributed by atoms with van der Waals surface area (Å²) in [6.45, 7) is 2.83. The SMILES string of the molecule is Cc1onc(-c2ccccc2)c1C(=O)NCCCN. The fraction of sp³-hybridized carbons (Fsp3) is 0.286. The average Bonchev–Trinajstić information content (AvgIpc) is 2.82. The topological polar surface area (TPSA) is 81.2 Å². The van der Waals surface area contributed by atoms with Gasteiger partial charge in [0.2, 0.25) is 0 Å². The first kappa shape index (κ1) is 13.3. The lowest BCUT2D eigenvalue weighted by Gasteiger charge is -2.04. The zero-order valence-corrected chi connectivity index (χ0v) is 10.8. The van der Waals surface area contributed by atoms with Gasteiger partial charge in [-0.2, -0.15) is 0 Å². The van der Waals surface area contributed by atoms with Crippen LogP contribution in [0.25, 0.3) is 11.3 Å². The number of hydrogen-bond donors (Lipinski definition) is 2. The summed E-state index contributed by atoms with van der Waals surface area (Å²) < 4.78 is 5.14. The standard InChI is InChI=1S/C14H17N3O2/c1-10-12(14(18)16-9-5-8-15)13(17-19-10)11-6-3-2-4-7-11/h2-4,6-7H,5,8-9,15H2,1H3,(H,16,18). The van der Waals surface area contributed by atoms with Crippen LogP contribution >= 0.6 is 0 Å². The molecular formula is C14H17N3O2. The lowest BCUT2D eigenvalue weighted by Crippen LogP contribution is -2.26. The van der Waals surface area contributed by atoms with E-state index >= 15 is 0 Å². The number of rotatable bonds is 5. The largest absolute Gasteiger partial charge is 0.360 e. The highest BCUT2D eigenvalue weighted by Gasteiger charge is 2.20. The Kier molecular flexibility index (Phi) is 4.30. The van der Waals surface area contributed by atoms with Gasteiger partial charge >= 0.3 is 0 Å². The summed E-state index contributed by atoms with van der Waals surface area (Å²) in [7, 11) is 0. The van der Waals surface area contributed by atoms with E-state index in [1.54, 1.807) is 6.92 Å². The molecule has 0 unspecified atom stereocenters. The Hall–Kier alpha value is -2.14. The third kappa shape index (κ3) is 3.00. The van der Waals surface area contributed by atoms with Crippen LogP contribution in [0, 0.1) is 6.92 Å². The number of nitrogens with two attached hydrogens (primary N) is 1. The molecule has 0 aliphatic carbocycles. The molecule has 100 valence electrons. The Labute approximate surface area is 111 Å². The Bertz CT molecular complexity index is 549. The van der Waals surface area contributed by atoms with Gasteiger partial charge in [-0.15, -0.1) is 0 Å². The van der Waals surface area contributed by atoms with Gasteiger partial charge in [-0.05, 0) is 19.9 Å². The highest BCUT2D eigenvalue weighted by atomic mass is 16.5. The summed E-state index contributed by atoms with van der Waals surface area (Å²) in [5, 5.41) is 6.79. The van der Waals surface area contributed by atoms with E-state index in [2.05, 4.69) is 10.5 Å². The monoisotopic (exact) mass is 259 g/mol. The maximum Gasteiger partial charge on any atom is 0.257 e. The van der Waals surface area contributed by atoms with Crippen molar-refractivity contribution >= 4 is 5.91 Å². The highest BCUT2D eigenvalue weighted by Crippen LogP contribution is 2.24. The van der Waals surface area contributed by atoms with E-state index in [1.807, 2.05) is 30.3 Å². The Morgan fingerprint density at radius 1 is 1.37 bits per heavy atom. The van der Waals surface area contributed by atoms with Crippen LogP contribution in [-0.4, -0.2) is 24.2 Å². The zero-order valence-electron chi connectivity index (χ0n) is 10.8. The van der Waals surface area contributed by atoms with Crippen molar-refractivity contribution in [1.82, 2.24) is 10.5 Å². The number of amides is 1. The number of aryl methyl sites for hydroxylation is 1. The second-order valence-electron chi connectivity index (χ2n) is 4.23. The number of carbonyl (C=O) groups is 1. The van der Waals surface area contributed by atoms with Crippen LogP contribution in [0.2, 0.25) is 0 Å². The third-order valence-electron chi connectivity index (χ3n) is 2.80. The molecule has 5 nitrogen and oxygen atoms in total. The predicted octanol–water partition coefficient (Wildman–Crippen LogP) is 1.73. The minimum atomic E-state index is -0.175. The molecule has 0 aliphatic rings. The molecule has 0 aliphatic heterocycles. The summed E-state index contributed by atoms with van der Waals surface area (Å²) >= 11 is 0. The molecule has 1 aromatic heterocycles. The number of nitrogens with zero attached hydrogens (tertiary/aromatic N) is 1. The summed E-state index contributed by atoms with van der Waals surface area (Å²) in [6.07, 6.45) is 0.747. The minimum Gasteiger partial charge on any atom is -0.360 e. The second kappa shape index (κ2) is 6.15. The van der Waals surface area contributed by atoms with E-state index in [1.165, 1.54) is 0 Å².